The van der Waals surface area contributed by atoms with Crippen LogP contribution in [0, 0.1) is 6.92 Å². The summed E-state index contributed by atoms with van der Waals surface area (Å²) >= 11 is 0. The van der Waals surface area contributed by atoms with Crippen molar-refractivity contribution in [2.24, 2.45) is 0 Å². The molecule has 7 heteroatoms. The van der Waals surface area contributed by atoms with Gasteiger partial charge in [0.2, 0.25) is 5.56 Å². The molecule has 3 heterocycles. The molecule has 0 bridgehead atoms. The zero-order chi connectivity index (χ0) is 30.3. The highest BCUT2D eigenvalue weighted by Crippen LogP contribution is 2.46. The third-order valence-corrected chi connectivity index (χ3v) is 8.15. The Hall–Kier alpha value is -4.49. The number of aromatic nitrogens is 2. The molecule has 1 aliphatic heterocycles. The molecular weight excluding hydrogens is 540 g/mol. The van der Waals surface area contributed by atoms with Crippen LogP contribution in [-0.4, -0.2) is 33.3 Å². The Kier molecular flexibility index (Phi) is 7.52. The average molecular weight is 577 g/mol. The zero-order valence-corrected chi connectivity index (χ0v) is 25.0. The fourth-order valence-electron chi connectivity index (χ4n) is 6.34. The molecule has 6 rings (SSSR count). The van der Waals surface area contributed by atoms with E-state index in [2.05, 4.69) is 17.1 Å². The first-order chi connectivity index (χ1) is 20.6. The maximum atomic E-state index is 13.0. The minimum Gasteiger partial charge on any atom is -0.493 e. The van der Waals surface area contributed by atoms with Crippen molar-refractivity contribution >= 4 is 27.8 Å². The quantitative estimate of drug-likeness (QED) is 0.204. The highest BCUT2D eigenvalue weighted by atomic mass is 16.5. The Morgan fingerprint density at radius 2 is 1.86 bits per heavy atom. The molecule has 2 aromatic heterocycles. The molecule has 1 aliphatic rings. The highest BCUT2D eigenvalue weighted by molar-refractivity contribution is 6.09. The summed E-state index contributed by atoms with van der Waals surface area (Å²) in [4.78, 5) is 33.7. The Labute approximate surface area is 250 Å². The maximum absolute atomic E-state index is 13.0. The van der Waals surface area contributed by atoms with Crippen molar-refractivity contribution in [3.8, 4) is 16.9 Å². The Morgan fingerprint density at radius 1 is 1.07 bits per heavy atom. The first kappa shape index (κ1) is 28.6. The minimum atomic E-state index is -1.25. The van der Waals surface area contributed by atoms with Crippen molar-refractivity contribution in [2.45, 2.75) is 65.1 Å². The molecule has 3 aromatic carbocycles. The van der Waals surface area contributed by atoms with Crippen molar-refractivity contribution < 1.29 is 19.4 Å². The summed E-state index contributed by atoms with van der Waals surface area (Å²) in [6.45, 7) is 8.12. The Balaban J connectivity index is 1.65. The molecule has 1 atom stereocenters. The second-order valence-electron chi connectivity index (χ2n) is 12.2. The minimum absolute atomic E-state index is 0.209. The molecule has 0 aliphatic carbocycles. The van der Waals surface area contributed by atoms with Crippen LogP contribution in [-0.2, 0) is 28.8 Å². The van der Waals surface area contributed by atoms with E-state index in [0.717, 1.165) is 63.6 Å². The van der Waals surface area contributed by atoms with E-state index >= 15 is 0 Å². The number of aliphatic carboxylic acids is 1. The summed E-state index contributed by atoms with van der Waals surface area (Å²) in [6.07, 6.45) is 3.65. The van der Waals surface area contributed by atoms with Gasteiger partial charge < -0.3 is 19.6 Å². The molecule has 0 spiro atoms. The maximum Gasteiger partial charge on any atom is 0.337 e. The SMILES string of the molecule is Cc1c([C@H](OC(C)(C)C)C(=O)O)c(-c2ccc3c4c(ccnc24)CCO3)c2ccc(=O)[nH]c2c1CCCc1ccccc1. The number of ether oxygens (including phenoxy) is 2. The molecule has 0 unspecified atom stereocenters. The van der Waals surface area contributed by atoms with Gasteiger partial charge in [0.25, 0.3) is 0 Å². The van der Waals surface area contributed by atoms with E-state index in [9.17, 15) is 14.7 Å². The van der Waals surface area contributed by atoms with Gasteiger partial charge in [-0.3, -0.25) is 9.78 Å². The van der Waals surface area contributed by atoms with E-state index in [1.165, 1.54) is 11.6 Å². The van der Waals surface area contributed by atoms with Gasteiger partial charge in [-0.2, -0.15) is 0 Å². The number of aromatic amines is 1. The molecule has 5 aromatic rings. The van der Waals surface area contributed by atoms with Crippen molar-refractivity contribution in [1.82, 2.24) is 9.97 Å². The predicted octanol–water partition coefficient (Wildman–Crippen LogP) is 7.10. The summed E-state index contributed by atoms with van der Waals surface area (Å²) in [5, 5.41) is 12.3. The molecule has 220 valence electrons. The number of carbonyl (C=O) groups is 1. The number of rotatable bonds is 8. The van der Waals surface area contributed by atoms with E-state index in [0.29, 0.717) is 29.7 Å². The Bertz CT molecular complexity index is 1890. The number of hydrogen-bond acceptors (Lipinski definition) is 5. The van der Waals surface area contributed by atoms with Gasteiger partial charge in [-0.15, -0.1) is 0 Å². The monoisotopic (exact) mass is 576 g/mol. The summed E-state index contributed by atoms with van der Waals surface area (Å²) < 4.78 is 12.3. The van der Waals surface area contributed by atoms with Crippen LogP contribution in [0.4, 0.5) is 0 Å². The lowest BCUT2D eigenvalue weighted by Gasteiger charge is -2.30. The normalized spacial score (nSPS) is 13.7. The second-order valence-corrected chi connectivity index (χ2v) is 12.2. The van der Waals surface area contributed by atoms with Gasteiger partial charge in [-0.25, -0.2) is 4.79 Å². The van der Waals surface area contributed by atoms with E-state index in [1.807, 2.05) is 64.1 Å². The van der Waals surface area contributed by atoms with Crippen LogP contribution in [0.1, 0.15) is 61.1 Å². The molecule has 0 saturated heterocycles. The van der Waals surface area contributed by atoms with Crippen LogP contribution < -0.4 is 10.3 Å². The highest BCUT2D eigenvalue weighted by Gasteiger charge is 2.34. The summed E-state index contributed by atoms with van der Waals surface area (Å²) in [6, 6.07) is 19.5. The standard InChI is InChI=1S/C36H36N2O5/c1-21-24(12-8-11-22-9-6-5-7-10-22)32-25(14-16-28(39)38-32)31(29(21)34(35(40)41)43-36(2,3)4)26-13-15-27-30-23(18-20-42-27)17-19-37-33(26)30/h5-7,9-10,13-17,19,34H,8,11-12,18,20H2,1-4H3,(H,38,39)(H,40,41)/t34-/m0/s1. The summed E-state index contributed by atoms with van der Waals surface area (Å²) in [5.74, 6) is -0.306. The fraction of sp³-hybridized carbons (Fsp3) is 0.306. The number of fused-ring (bicyclic) bond motifs is 1. The smallest absolute Gasteiger partial charge is 0.337 e. The lowest BCUT2D eigenvalue weighted by atomic mass is 9.83. The lowest BCUT2D eigenvalue weighted by molar-refractivity contribution is -0.160. The van der Waals surface area contributed by atoms with Crippen molar-refractivity contribution in [3.05, 3.63) is 105 Å². The number of carboxylic acids is 1. The first-order valence-electron chi connectivity index (χ1n) is 14.8. The van der Waals surface area contributed by atoms with Crippen molar-refractivity contribution in [3.63, 3.8) is 0 Å². The predicted molar refractivity (Wildman–Crippen MR) is 169 cm³/mol. The third-order valence-electron chi connectivity index (χ3n) is 8.15. The Morgan fingerprint density at radius 3 is 2.60 bits per heavy atom. The fourth-order valence-corrected chi connectivity index (χ4v) is 6.34. The van der Waals surface area contributed by atoms with E-state index in [-0.39, 0.29) is 5.56 Å². The molecule has 7 nitrogen and oxygen atoms in total. The number of aryl methyl sites for hydroxylation is 2. The van der Waals surface area contributed by atoms with Crippen LogP contribution in [0.25, 0.3) is 32.9 Å². The molecular formula is C36H36N2O5. The van der Waals surface area contributed by atoms with Crippen LogP contribution in [0.15, 0.2) is 71.7 Å². The van der Waals surface area contributed by atoms with E-state index in [4.69, 9.17) is 14.5 Å². The number of hydrogen-bond donors (Lipinski definition) is 2. The summed E-state index contributed by atoms with van der Waals surface area (Å²) in [7, 11) is 0. The van der Waals surface area contributed by atoms with Crippen LogP contribution in [0.2, 0.25) is 0 Å². The van der Waals surface area contributed by atoms with Gasteiger partial charge in [0.1, 0.15) is 5.75 Å². The number of H-pyrrole nitrogens is 1. The van der Waals surface area contributed by atoms with Gasteiger partial charge in [0, 0.05) is 40.6 Å². The average Bonchev–Trinajstić information content (AvgIpc) is 2.98. The number of benzene rings is 3. The van der Waals surface area contributed by atoms with Gasteiger partial charge in [-0.1, -0.05) is 30.3 Å². The molecule has 0 amide bonds. The van der Waals surface area contributed by atoms with Gasteiger partial charge >= 0.3 is 5.97 Å². The van der Waals surface area contributed by atoms with Gasteiger partial charge in [-0.05, 0) is 99.0 Å². The number of carboxylic acid groups (broad SMARTS) is 1. The van der Waals surface area contributed by atoms with E-state index < -0.39 is 17.7 Å². The largest absolute Gasteiger partial charge is 0.493 e. The van der Waals surface area contributed by atoms with Gasteiger partial charge in [0.05, 0.1) is 23.2 Å². The third kappa shape index (κ3) is 5.53. The molecule has 43 heavy (non-hydrogen) atoms. The van der Waals surface area contributed by atoms with Crippen LogP contribution >= 0.6 is 0 Å². The molecule has 0 radical (unpaired) electrons. The van der Waals surface area contributed by atoms with Crippen LogP contribution in [0.3, 0.4) is 0 Å². The topological polar surface area (TPSA) is 102 Å². The van der Waals surface area contributed by atoms with E-state index in [1.54, 1.807) is 12.3 Å². The van der Waals surface area contributed by atoms with Crippen LogP contribution in [0.5, 0.6) is 5.75 Å². The number of nitrogens with one attached hydrogen (secondary N) is 1. The molecule has 0 fully saturated rings. The van der Waals surface area contributed by atoms with Crippen molar-refractivity contribution in [1.29, 1.82) is 0 Å². The van der Waals surface area contributed by atoms with Crippen molar-refractivity contribution in [2.75, 3.05) is 6.61 Å². The number of nitrogens with zero attached hydrogens (tertiary/aromatic N) is 1. The molecule has 2 N–H and O–H groups in total. The second kappa shape index (κ2) is 11.3. The lowest BCUT2D eigenvalue weighted by Crippen LogP contribution is -2.28. The first-order valence-corrected chi connectivity index (χ1v) is 14.8. The zero-order valence-electron chi connectivity index (χ0n) is 25.0. The molecule has 0 saturated carbocycles. The number of pyridine rings is 2. The summed E-state index contributed by atoms with van der Waals surface area (Å²) in [5.41, 5.74) is 6.66. The van der Waals surface area contributed by atoms with Gasteiger partial charge in [0.15, 0.2) is 6.10 Å².